The Morgan fingerprint density at radius 2 is 1.61 bits per heavy atom. The number of ketones is 1. The van der Waals surface area contributed by atoms with Crippen LogP contribution >= 0.6 is 0 Å². The molecule has 1 aliphatic carbocycles. The molecule has 0 aliphatic heterocycles. The van der Waals surface area contributed by atoms with Crippen LogP contribution in [0.4, 0.5) is 0 Å². The molecule has 0 unspecified atom stereocenters. The van der Waals surface area contributed by atoms with E-state index < -0.39 is 23.6 Å². The van der Waals surface area contributed by atoms with Crippen molar-refractivity contribution in [2.75, 3.05) is 0 Å². The highest BCUT2D eigenvalue weighted by atomic mass is 16.6. The van der Waals surface area contributed by atoms with Crippen LogP contribution < -0.4 is 0 Å². The van der Waals surface area contributed by atoms with Gasteiger partial charge in [0.15, 0.2) is 0 Å². The third-order valence-electron chi connectivity index (χ3n) is 6.49. The number of ether oxygens (including phenoxy) is 2. The molecule has 5 nitrogen and oxygen atoms in total. The summed E-state index contributed by atoms with van der Waals surface area (Å²) >= 11 is 0. The molecule has 1 saturated carbocycles. The molecule has 0 bridgehead atoms. The summed E-state index contributed by atoms with van der Waals surface area (Å²) < 4.78 is 11.0. The normalized spacial score (nSPS) is 22.0. The van der Waals surface area contributed by atoms with Crippen molar-refractivity contribution >= 4 is 17.7 Å². The Balaban J connectivity index is 1.99. The fraction of sp³-hybridized carbons (Fsp3) is 0.679. The molecule has 1 aliphatic rings. The summed E-state index contributed by atoms with van der Waals surface area (Å²) in [6.07, 6.45) is 3.53. The van der Waals surface area contributed by atoms with Gasteiger partial charge in [-0.15, -0.1) is 0 Å². The van der Waals surface area contributed by atoms with Crippen LogP contribution in [-0.4, -0.2) is 23.3 Å². The number of Topliss-reactive ketones (excluding diaryl/α,β-unsaturated/α-hetero) is 1. The van der Waals surface area contributed by atoms with Crippen LogP contribution in [0.2, 0.25) is 0 Å². The van der Waals surface area contributed by atoms with Gasteiger partial charge >= 0.3 is 11.9 Å². The summed E-state index contributed by atoms with van der Waals surface area (Å²) in [7, 11) is 0. The van der Waals surface area contributed by atoms with Crippen LogP contribution in [0.5, 0.6) is 0 Å². The number of esters is 2. The molecule has 1 aromatic rings. The summed E-state index contributed by atoms with van der Waals surface area (Å²) in [6.45, 7) is 12.0. The van der Waals surface area contributed by atoms with Crippen LogP contribution in [-0.2, 0) is 23.9 Å². The molecule has 0 radical (unpaired) electrons. The summed E-state index contributed by atoms with van der Waals surface area (Å²) in [5.41, 5.74) is 0.284. The first-order valence-corrected chi connectivity index (χ1v) is 12.4. The molecule has 0 N–H and O–H groups in total. The van der Waals surface area contributed by atoms with E-state index >= 15 is 0 Å². The molecule has 4 atom stereocenters. The Bertz CT molecular complexity index is 777. The van der Waals surface area contributed by atoms with Crippen LogP contribution in [0.15, 0.2) is 30.3 Å². The zero-order valence-corrected chi connectivity index (χ0v) is 21.3. The smallest absolute Gasteiger partial charge is 0.306 e. The van der Waals surface area contributed by atoms with E-state index in [0.29, 0.717) is 30.6 Å². The summed E-state index contributed by atoms with van der Waals surface area (Å²) in [5, 5.41) is 0. The maximum Gasteiger partial charge on any atom is 0.306 e. The minimum atomic E-state index is -0.585. The lowest BCUT2D eigenvalue weighted by Crippen LogP contribution is -2.33. The van der Waals surface area contributed by atoms with Crippen molar-refractivity contribution in [1.82, 2.24) is 0 Å². The van der Waals surface area contributed by atoms with Crippen LogP contribution in [0.3, 0.4) is 0 Å². The second-order valence-electron chi connectivity index (χ2n) is 10.9. The lowest BCUT2D eigenvalue weighted by Gasteiger charge is -2.36. The van der Waals surface area contributed by atoms with Gasteiger partial charge in [0.1, 0.15) is 17.5 Å². The molecular formula is C28H42O5. The quantitative estimate of drug-likeness (QED) is 0.377. The van der Waals surface area contributed by atoms with E-state index in [1.807, 2.05) is 30.3 Å². The third-order valence-corrected chi connectivity index (χ3v) is 6.49. The first-order chi connectivity index (χ1) is 15.5. The molecule has 0 heterocycles. The number of hydrogen-bond acceptors (Lipinski definition) is 5. The lowest BCUT2D eigenvalue weighted by molar-refractivity contribution is -0.160. The topological polar surface area (TPSA) is 69.7 Å². The van der Waals surface area contributed by atoms with E-state index in [1.165, 1.54) is 6.42 Å². The predicted molar refractivity (Wildman–Crippen MR) is 129 cm³/mol. The van der Waals surface area contributed by atoms with Gasteiger partial charge in [-0.25, -0.2) is 0 Å². The highest BCUT2D eigenvalue weighted by molar-refractivity contribution is 5.81. The van der Waals surface area contributed by atoms with Gasteiger partial charge in [-0.3, -0.25) is 14.4 Å². The molecule has 5 heteroatoms. The lowest BCUT2D eigenvalue weighted by atomic mass is 9.68. The first-order valence-electron chi connectivity index (χ1n) is 12.4. The van der Waals surface area contributed by atoms with Gasteiger partial charge < -0.3 is 9.47 Å². The Labute approximate surface area is 199 Å². The predicted octanol–water partition coefficient (Wildman–Crippen LogP) is 6.45. The van der Waals surface area contributed by atoms with Crippen molar-refractivity contribution in [3.05, 3.63) is 35.9 Å². The standard InChI is InChI=1S/C28H42O5/c1-19(2)22-13-12-20(3)18-23(22)24(29)14-15-25(21-10-8-7-9-11-21)32-26(30)16-17-27(31)33-28(4,5)6/h7-11,19-20,22-23,25H,12-18H2,1-6H3/t20-,22+,23-,25+/m1/s1. The second-order valence-corrected chi connectivity index (χ2v) is 10.9. The molecule has 1 aromatic carbocycles. The van der Waals surface area contributed by atoms with E-state index in [1.54, 1.807) is 20.8 Å². The van der Waals surface area contributed by atoms with Crippen LogP contribution in [0.25, 0.3) is 0 Å². The Morgan fingerprint density at radius 1 is 0.970 bits per heavy atom. The van der Waals surface area contributed by atoms with Crippen molar-refractivity contribution in [3.8, 4) is 0 Å². The molecular weight excluding hydrogens is 416 g/mol. The number of benzene rings is 1. The summed E-state index contributed by atoms with van der Waals surface area (Å²) in [6, 6.07) is 9.53. The fourth-order valence-electron chi connectivity index (χ4n) is 4.81. The zero-order chi connectivity index (χ0) is 24.6. The molecule has 0 spiro atoms. The highest BCUT2D eigenvalue weighted by Gasteiger charge is 2.35. The van der Waals surface area contributed by atoms with Crippen LogP contribution in [0, 0.1) is 23.7 Å². The summed E-state index contributed by atoms with van der Waals surface area (Å²) in [5.74, 6) is 0.997. The first kappa shape index (κ1) is 27.1. The van der Waals surface area contributed by atoms with E-state index in [-0.39, 0.29) is 24.5 Å². The highest BCUT2D eigenvalue weighted by Crippen LogP contribution is 2.39. The van der Waals surface area contributed by atoms with Gasteiger partial charge in [-0.2, -0.15) is 0 Å². The Kier molecular flexibility index (Phi) is 10.1. The Hall–Kier alpha value is -2.17. The van der Waals surface area contributed by atoms with E-state index in [0.717, 1.165) is 18.4 Å². The molecule has 0 saturated heterocycles. The number of rotatable bonds is 10. The maximum atomic E-state index is 13.2. The van der Waals surface area contributed by atoms with Crippen LogP contribution in [0.1, 0.15) is 98.2 Å². The van der Waals surface area contributed by atoms with Gasteiger partial charge in [0.2, 0.25) is 0 Å². The van der Waals surface area contributed by atoms with Crippen molar-refractivity contribution < 1.29 is 23.9 Å². The van der Waals surface area contributed by atoms with Crippen molar-refractivity contribution in [1.29, 1.82) is 0 Å². The Morgan fingerprint density at radius 3 is 2.21 bits per heavy atom. The zero-order valence-electron chi connectivity index (χ0n) is 21.3. The minimum Gasteiger partial charge on any atom is -0.460 e. The maximum absolute atomic E-state index is 13.2. The average molecular weight is 459 g/mol. The molecule has 184 valence electrons. The third kappa shape index (κ3) is 9.30. The molecule has 0 amide bonds. The van der Waals surface area contributed by atoms with E-state index in [9.17, 15) is 14.4 Å². The van der Waals surface area contributed by atoms with Gasteiger partial charge in [-0.05, 0) is 63.4 Å². The van der Waals surface area contributed by atoms with Gasteiger partial charge in [0.05, 0.1) is 12.8 Å². The van der Waals surface area contributed by atoms with Crippen molar-refractivity contribution in [2.24, 2.45) is 23.7 Å². The van der Waals surface area contributed by atoms with Gasteiger partial charge in [0, 0.05) is 12.3 Å². The number of carbonyl (C=O) groups excluding carboxylic acids is 3. The van der Waals surface area contributed by atoms with Crippen molar-refractivity contribution in [2.45, 2.75) is 98.2 Å². The van der Waals surface area contributed by atoms with E-state index in [2.05, 4.69) is 20.8 Å². The number of carbonyl (C=O) groups is 3. The SMILES string of the molecule is CC(C)[C@@H]1CC[C@@H](C)C[C@H]1C(=O)CC[C@H](OC(=O)CCC(=O)OC(C)(C)C)c1ccccc1. The number of hydrogen-bond donors (Lipinski definition) is 0. The van der Waals surface area contributed by atoms with Gasteiger partial charge in [-0.1, -0.05) is 57.5 Å². The summed E-state index contributed by atoms with van der Waals surface area (Å²) in [4.78, 5) is 37.7. The largest absolute Gasteiger partial charge is 0.460 e. The van der Waals surface area contributed by atoms with E-state index in [4.69, 9.17) is 9.47 Å². The fourth-order valence-corrected chi connectivity index (χ4v) is 4.81. The van der Waals surface area contributed by atoms with Crippen molar-refractivity contribution in [3.63, 3.8) is 0 Å². The molecule has 0 aromatic heterocycles. The monoisotopic (exact) mass is 458 g/mol. The molecule has 1 fully saturated rings. The molecule has 2 rings (SSSR count). The molecule has 33 heavy (non-hydrogen) atoms. The average Bonchev–Trinajstić information content (AvgIpc) is 2.74. The second kappa shape index (κ2) is 12.3. The minimum absolute atomic E-state index is 0.0213. The van der Waals surface area contributed by atoms with Gasteiger partial charge in [0.25, 0.3) is 0 Å².